The fourth-order valence-electron chi connectivity index (χ4n) is 2.64. The van der Waals surface area contributed by atoms with Crippen molar-refractivity contribution >= 4 is 21.8 Å². The molecule has 18 heavy (non-hydrogen) atoms. The van der Waals surface area contributed by atoms with Crippen LogP contribution in [0.5, 0.6) is 0 Å². The van der Waals surface area contributed by atoms with Crippen LogP contribution in [0.3, 0.4) is 0 Å². The van der Waals surface area contributed by atoms with Crippen LogP contribution < -0.4 is 5.32 Å². The third-order valence-electron chi connectivity index (χ3n) is 4.02. The Bertz CT molecular complexity index is 443. The Labute approximate surface area is 116 Å². The molecule has 3 unspecified atom stereocenters. The molecule has 2 rings (SSSR count). The smallest absolute Gasteiger partial charge is 0.273 e. The minimum Gasteiger partial charge on any atom is -0.348 e. The summed E-state index contributed by atoms with van der Waals surface area (Å²) in [6.45, 7) is 4.49. The average Bonchev–Trinajstić information content (AvgIpc) is 2.64. The molecule has 1 saturated carbocycles. The van der Waals surface area contributed by atoms with Crippen molar-refractivity contribution in [3.63, 3.8) is 0 Å². The van der Waals surface area contributed by atoms with E-state index >= 15 is 0 Å². The summed E-state index contributed by atoms with van der Waals surface area (Å²) < 4.78 is 2.39. The van der Waals surface area contributed by atoms with Gasteiger partial charge in [-0.3, -0.25) is 9.48 Å². The molecule has 1 N–H and O–H groups in total. The first-order chi connectivity index (χ1) is 8.49. The van der Waals surface area contributed by atoms with Crippen LogP contribution in [0.25, 0.3) is 0 Å². The van der Waals surface area contributed by atoms with E-state index in [1.807, 2.05) is 7.05 Å². The van der Waals surface area contributed by atoms with Gasteiger partial charge in [0.05, 0.1) is 4.47 Å². The van der Waals surface area contributed by atoms with E-state index in [-0.39, 0.29) is 11.9 Å². The predicted octanol–water partition coefficient (Wildman–Crippen LogP) is 2.74. The maximum absolute atomic E-state index is 12.2. The van der Waals surface area contributed by atoms with Crippen LogP contribution in [-0.2, 0) is 7.05 Å². The molecule has 1 fully saturated rings. The summed E-state index contributed by atoms with van der Waals surface area (Å²) in [5.41, 5.74) is 0.475. The fourth-order valence-corrected chi connectivity index (χ4v) is 3.19. The molecule has 4 nitrogen and oxygen atoms in total. The lowest BCUT2D eigenvalue weighted by Gasteiger charge is -2.34. The maximum atomic E-state index is 12.2. The fraction of sp³-hybridized carbons (Fsp3) is 0.692. The van der Waals surface area contributed by atoms with Gasteiger partial charge in [0.15, 0.2) is 5.69 Å². The highest BCUT2D eigenvalue weighted by atomic mass is 79.9. The van der Waals surface area contributed by atoms with Gasteiger partial charge in [0.2, 0.25) is 0 Å². The summed E-state index contributed by atoms with van der Waals surface area (Å²) in [7, 11) is 1.81. The number of nitrogens with zero attached hydrogens (tertiary/aromatic N) is 2. The van der Waals surface area contributed by atoms with Crippen LogP contribution in [0, 0.1) is 11.8 Å². The Morgan fingerprint density at radius 1 is 1.50 bits per heavy atom. The number of halogens is 1. The molecule has 0 aliphatic heterocycles. The van der Waals surface area contributed by atoms with E-state index < -0.39 is 0 Å². The number of rotatable bonds is 2. The van der Waals surface area contributed by atoms with E-state index in [0.29, 0.717) is 17.5 Å². The normalized spacial score (nSPS) is 28.1. The van der Waals surface area contributed by atoms with Crippen LogP contribution >= 0.6 is 15.9 Å². The number of nitrogens with one attached hydrogen (secondary N) is 1. The lowest BCUT2D eigenvalue weighted by Crippen LogP contribution is -2.43. The van der Waals surface area contributed by atoms with Crippen molar-refractivity contribution in [2.45, 2.75) is 39.2 Å². The minimum absolute atomic E-state index is 0.0755. The van der Waals surface area contributed by atoms with Gasteiger partial charge < -0.3 is 5.32 Å². The molecule has 0 aromatic carbocycles. The van der Waals surface area contributed by atoms with E-state index in [9.17, 15) is 4.79 Å². The standard InChI is InChI=1S/C13H20BrN3O/c1-8-5-4-6-11(9(8)2)15-13(18)12-10(14)7-17(3)16-12/h7-9,11H,4-6H2,1-3H3,(H,15,18). The van der Waals surface area contributed by atoms with Gasteiger partial charge in [-0.2, -0.15) is 5.10 Å². The topological polar surface area (TPSA) is 46.9 Å². The molecule has 1 amide bonds. The van der Waals surface area contributed by atoms with Crippen LogP contribution in [0.1, 0.15) is 43.6 Å². The Morgan fingerprint density at radius 3 is 2.83 bits per heavy atom. The van der Waals surface area contributed by atoms with Gasteiger partial charge in [0.25, 0.3) is 5.91 Å². The molecule has 5 heteroatoms. The average molecular weight is 314 g/mol. The number of hydrogen-bond donors (Lipinski definition) is 1. The van der Waals surface area contributed by atoms with Crippen LogP contribution in [0.15, 0.2) is 10.7 Å². The van der Waals surface area contributed by atoms with Crippen molar-refractivity contribution in [3.05, 3.63) is 16.4 Å². The minimum atomic E-state index is -0.0755. The summed E-state index contributed by atoms with van der Waals surface area (Å²) in [6.07, 6.45) is 5.32. The summed E-state index contributed by atoms with van der Waals surface area (Å²) in [5, 5.41) is 7.30. The Kier molecular flexibility index (Phi) is 4.10. The van der Waals surface area contributed by atoms with Crippen molar-refractivity contribution in [1.29, 1.82) is 0 Å². The number of carbonyl (C=O) groups is 1. The lowest BCUT2D eigenvalue weighted by molar-refractivity contribution is 0.0884. The molecule has 100 valence electrons. The van der Waals surface area contributed by atoms with E-state index in [2.05, 4.69) is 40.2 Å². The van der Waals surface area contributed by atoms with E-state index in [1.54, 1.807) is 10.9 Å². The second-order valence-electron chi connectivity index (χ2n) is 5.35. The maximum Gasteiger partial charge on any atom is 0.273 e. The van der Waals surface area contributed by atoms with Gasteiger partial charge in [0.1, 0.15) is 0 Å². The number of amides is 1. The van der Waals surface area contributed by atoms with Crippen molar-refractivity contribution < 1.29 is 4.79 Å². The highest BCUT2D eigenvalue weighted by Gasteiger charge is 2.29. The molecular weight excluding hydrogens is 294 g/mol. The second-order valence-corrected chi connectivity index (χ2v) is 6.20. The van der Waals surface area contributed by atoms with Crippen LogP contribution in [0.2, 0.25) is 0 Å². The van der Waals surface area contributed by atoms with Crippen molar-refractivity contribution in [1.82, 2.24) is 15.1 Å². The molecule has 1 aliphatic carbocycles. The molecule has 1 aromatic rings. The van der Waals surface area contributed by atoms with Gasteiger partial charge >= 0.3 is 0 Å². The van der Waals surface area contributed by atoms with Gasteiger partial charge in [-0.1, -0.05) is 26.7 Å². The highest BCUT2D eigenvalue weighted by molar-refractivity contribution is 9.10. The zero-order valence-corrected chi connectivity index (χ0v) is 12.7. The van der Waals surface area contributed by atoms with Crippen molar-refractivity contribution in [2.24, 2.45) is 18.9 Å². The van der Waals surface area contributed by atoms with Gasteiger partial charge in [-0.15, -0.1) is 0 Å². The van der Waals surface area contributed by atoms with E-state index in [1.165, 1.54) is 12.8 Å². The molecular formula is C13H20BrN3O. The van der Waals surface area contributed by atoms with Crippen molar-refractivity contribution in [2.75, 3.05) is 0 Å². The quantitative estimate of drug-likeness (QED) is 0.912. The van der Waals surface area contributed by atoms with Gasteiger partial charge in [-0.05, 0) is 34.2 Å². The second kappa shape index (κ2) is 5.43. The molecule has 1 heterocycles. The monoisotopic (exact) mass is 313 g/mol. The van der Waals surface area contributed by atoms with E-state index in [0.717, 1.165) is 10.9 Å². The molecule has 0 spiro atoms. The number of carbonyl (C=O) groups excluding carboxylic acids is 1. The first-order valence-electron chi connectivity index (χ1n) is 6.49. The third-order valence-corrected chi connectivity index (χ3v) is 4.60. The Balaban J connectivity index is 2.05. The third kappa shape index (κ3) is 2.76. The summed E-state index contributed by atoms with van der Waals surface area (Å²) in [4.78, 5) is 12.2. The number of hydrogen-bond acceptors (Lipinski definition) is 2. The largest absolute Gasteiger partial charge is 0.348 e. The Hall–Kier alpha value is -0.840. The summed E-state index contributed by atoms with van der Waals surface area (Å²) in [6, 6.07) is 0.273. The molecule has 0 radical (unpaired) electrons. The van der Waals surface area contributed by atoms with Crippen LogP contribution in [0.4, 0.5) is 0 Å². The van der Waals surface area contributed by atoms with Crippen LogP contribution in [-0.4, -0.2) is 21.7 Å². The molecule has 0 bridgehead atoms. The predicted molar refractivity (Wildman–Crippen MR) is 74.3 cm³/mol. The first-order valence-corrected chi connectivity index (χ1v) is 7.28. The summed E-state index contributed by atoms with van der Waals surface area (Å²) in [5.74, 6) is 1.13. The van der Waals surface area contributed by atoms with Gasteiger partial charge in [-0.25, -0.2) is 0 Å². The Morgan fingerprint density at radius 2 is 2.22 bits per heavy atom. The van der Waals surface area contributed by atoms with Crippen molar-refractivity contribution in [3.8, 4) is 0 Å². The first kappa shape index (κ1) is 13.6. The SMILES string of the molecule is CC1CCCC(NC(=O)c2nn(C)cc2Br)C1C. The molecule has 1 aromatic heterocycles. The number of aromatic nitrogens is 2. The zero-order chi connectivity index (χ0) is 13.3. The molecule has 1 aliphatic rings. The number of aryl methyl sites for hydroxylation is 1. The molecule has 3 atom stereocenters. The lowest BCUT2D eigenvalue weighted by atomic mass is 9.78. The van der Waals surface area contributed by atoms with Gasteiger partial charge in [0, 0.05) is 19.3 Å². The summed E-state index contributed by atoms with van der Waals surface area (Å²) >= 11 is 3.37. The van der Waals surface area contributed by atoms with E-state index in [4.69, 9.17) is 0 Å². The highest BCUT2D eigenvalue weighted by Crippen LogP contribution is 2.29. The zero-order valence-electron chi connectivity index (χ0n) is 11.1. The molecule has 0 saturated heterocycles.